The number of amides is 1. The zero-order valence-electron chi connectivity index (χ0n) is 15.0. The lowest BCUT2D eigenvalue weighted by Gasteiger charge is -2.34. The van der Waals surface area contributed by atoms with E-state index in [1.165, 1.54) is 5.56 Å². The second kappa shape index (κ2) is 8.61. The first kappa shape index (κ1) is 18.1. The normalized spacial score (nSPS) is 17.5. The molecule has 0 radical (unpaired) electrons. The number of hydrogen-bond donors (Lipinski definition) is 0. The van der Waals surface area contributed by atoms with Gasteiger partial charge in [-0.25, -0.2) is 0 Å². The minimum absolute atomic E-state index is 0.00729. The van der Waals surface area contributed by atoms with Crippen molar-refractivity contribution in [3.63, 3.8) is 0 Å². The quantitative estimate of drug-likeness (QED) is 0.832. The smallest absolute Gasteiger partial charge is 0.253 e. The van der Waals surface area contributed by atoms with E-state index in [-0.39, 0.29) is 5.91 Å². The number of likely N-dealkylation sites (N-methyl/N-ethyl adjacent to an activating group) is 1. The average molecular weight is 349 g/mol. The van der Waals surface area contributed by atoms with Gasteiger partial charge in [0, 0.05) is 33.2 Å². The molecule has 1 aliphatic heterocycles. The SMILES string of the molecule is CN(Cc1ccc(C#N)cc1)C(=O)[C@H]1CN(Cc2ccccc2)CCO1. The van der Waals surface area contributed by atoms with Gasteiger partial charge < -0.3 is 9.64 Å². The van der Waals surface area contributed by atoms with Crippen LogP contribution in [0.2, 0.25) is 0 Å². The topological polar surface area (TPSA) is 56.6 Å². The molecular formula is C21H23N3O2. The highest BCUT2D eigenvalue weighted by molar-refractivity contribution is 5.81. The van der Waals surface area contributed by atoms with Crippen molar-refractivity contribution in [1.82, 2.24) is 9.80 Å². The number of morpholine rings is 1. The van der Waals surface area contributed by atoms with E-state index in [0.29, 0.717) is 25.3 Å². The van der Waals surface area contributed by atoms with Crippen LogP contribution in [-0.4, -0.2) is 48.6 Å². The molecule has 2 aromatic rings. The van der Waals surface area contributed by atoms with Gasteiger partial charge in [0.05, 0.1) is 18.2 Å². The zero-order valence-corrected chi connectivity index (χ0v) is 15.0. The van der Waals surface area contributed by atoms with Gasteiger partial charge in [-0.15, -0.1) is 0 Å². The molecule has 1 amide bonds. The van der Waals surface area contributed by atoms with Crippen LogP contribution in [0.1, 0.15) is 16.7 Å². The fourth-order valence-corrected chi connectivity index (χ4v) is 3.12. The fourth-order valence-electron chi connectivity index (χ4n) is 3.12. The van der Waals surface area contributed by atoms with Gasteiger partial charge in [-0.2, -0.15) is 5.26 Å². The zero-order chi connectivity index (χ0) is 18.4. The molecule has 1 atom stereocenters. The molecule has 0 bridgehead atoms. The van der Waals surface area contributed by atoms with Crippen molar-refractivity contribution in [2.45, 2.75) is 19.2 Å². The maximum absolute atomic E-state index is 12.7. The summed E-state index contributed by atoms with van der Waals surface area (Å²) < 4.78 is 5.73. The molecule has 0 aromatic heterocycles. The number of nitriles is 1. The molecule has 5 nitrogen and oxygen atoms in total. The molecule has 134 valence electrons. The maximum Gasteiger partial charge on any atom is 0.253 e. The number of benzene rings is 2. The Bertz CT molecular complexity index is 768. The van der Waals surface area contributed by atoms with E-state index < -0.39 is 6.10 Å². The minimum atomic E-state index is -0.434. The van der Waals surface area contributed by atoms with Crippen LogP contribution in [0, 0.1) is 11.3 Å². The summed E-state index contributed by atoms with van der Waals surface area (Å²) >= 11 is 0. The van der Waals surface area contributed by atoms with Gasteiger partial charge in [0.1, 0.15) is 6.10 Å². The standard InChI is InChI=1S/C21H23N3O2/c1-23(14-19-9-7-17(13-22)8-10-19)21(25)20-16-24(11-12-26-20)15-18-5-3-2-4-6-18/h2-10,20H,11-12,14-16H2,1H3/t20-/m1/s1. The van der Waals surface area contributed by atoms with Gasteiger partial charge in [0.25, 0.3) is 5.91 Å². The molecule has 0 saturated carbocycles. The Morgan fingerprint density at radius 2 is 1.92 bits per heavy atom. The first-order chi connectivity index (χ1) is 12.7. The molecule has 26 heavy (non-hydrogen) atoms. The van der Waals surface area contributed by atoms with E-state index in [1.807, 2.05) is 30.3 Å². The van der Waals surface area contributed by atoms with Gasteiger partial charge in [-0.3, -0.25) is 9.69 Å². The molecule has 5 heteroatoms. The molecule has 0 aliphatic carbocycles. The van der Waals surface area contributed by atoms with Crippen molar-refractivity contribution in [3.05, 3.63) is 71.3 Å². The van der Waals surface area contributed by atoms with E-state index in [1.54, 1.807) is 24.1 Å². The van der Waals surface area contributed by atoms with Crippen molar-refractivity contribution >= 4 is 5.91 Å². The highest BCUT2D eigenvalue weighted by Crippen LogP contribution is 2.14. The summed E-state index contributed by atoms with van der Waals surface area (Å²) in [5.41, 5.74) is 2.86. The molecule has 1 aliphatic rings. The first-order valence-electron chi connectivity index (χ1n) is 8.77. The first-order valence-corrected chi connectivity index (χ1v) is 8.77. The summed E-state index contributed by atoms with van der Waals surface area (Å²) in [7, 11) is 1.79. The largest absolute Gasteiger partial charge is 0.366 e. The second-order valence-electron chi connectivity index (χ2n) is 6.58. The summed E-state index contributed by atoms with van der Waals surface area (Å²) in [6.45, 7) is 3.33. The molecular weight excluding hydrogens is 326 g/mol. The highest BCUT2D eigenvalue weighted by atomic mass is 16.5. The summed E-state index contributed by atoms with van der Waals surface area (Å²) in [4.78, 5) is 16.7. The van der Waals surface area contributed by atoms with E-state index >= 15 is 0 Å². The van der Waals surface area contributed by atoms with Crippen molar-refractivity contribution in [2.24, 2.45) is 0 Å². The highest BCUT2D eigenvalue weighted by Gasteiger charge is 2.28. The van der Waals surface area contributed by atoms with Crippen molar-refractivity contribution in [2.75, 3.05) is 26.7 Å². The maximum atomic E-state index is 12.7. The number of ether oxygens (including phenoxy) is 1. The molecule has 3 rings (SSSR count). The third kappa shape index (κ3) is 4.69. The Morgan fingerprint density at radius 1 is 1.19 bits per heavy atom. The van der Waals surface area contributed by atoms with E-state index in [9.17, 15) is 4.79 Å². The lowest BCUT2D eigenvalue weighted by molar-refractivity contribution is -0.148. The van der Waals surface area contributed by atoms with Crippen molar-refractivity contribution in [3.8, 4) is 6.07 Å². The summed E-state index contributed by atoms with van der Waals surface area (Å²) in [6.07, 6.45) is -0.434. The Morgan fingerprint density at radius 3 is 2.62 bits per heavy atom. The van der Waals surface area contributed by atoms with Crippen LogP contribution in [0.5, 0.6) is 0 Å². The molecule has 1 heterocycles. The summed E-state index contributed by atoms with van der Waals surface area (Å²) in [6, 6.07) is 19.7. The third-order valence-electron chi connectivity index (χ3n) is 4.55. The van der Waals surface area contributed by atoms with Crippen LogP contribution in [0.15, 0.2) is 54.6 Å². The van der Waals surface area contributed by atoms with Crippen LogP contribution < -0.4 is 0 Å². The number of carbonyl (C=O) groups is 1. The van der Waals surface area contributed by atoms with E-state index in [0.717, 1.165) is 18.7 Å². The second-order valence-corrected chi connectivity index (χ2v) is 6.58. The Labute approximate surface area is 154 Å². The van der Waals surface area contributed by atoms with E-state index in [4.69, 9.17) is 10.00 Å². The predicted molar refractivity (Wildman–Crippen MR) is 99.1 cm³/mol. The Hall–Kier alpha value is -2.68. The number of carbonyl (C=O) groups excluding carboxylic acids is 1. The lowest BCUT2D eigenvalue weighted by Crippen LogP contribution is -2.49. The third-order valence-corrected chi connectivity index (χ3v) is 4.55. The van der Waals surface area contributed by atoms with Crippen LogP contribution in [0.3, 0.4) is 0 Å². The molecule has 1 fully saturated rings. The number of hydrogen-bond acceptors (Lipinski definition) is 4. The van der Waals surface area contributed by atoms with Gasteiger partial charge in [0.15, 0.2) is 0 Å². The molecule has 2 aromatic carbocycles. The number of nitrogens with zero attached hydrogens (tertiary/aromatic N) is 3. The lowest BCUT2D eigenvalue weighted by atomic mass is 10.1. The van der Waals surface area contributed by atoms with Crippen LogP contribution in [0.25, 0.3) is 0 Å². The number of rotatable bonds is 5. The Balaban J connectivity index is 1.56. The van der Waals surface area contributed by atoms with Crippen LogP contribution in [-0.2, 0) is 22.6 Å². The van der Waals surface area contributed by atoms with Gasteiger partial charge >= 0.3 is 0 Å². The van der Waals surface area contributed by atoms with Crippen LogP contribution in [0.4, 0.5) is 0 Å². The molecule has 0 N–H and O–H groups in total. The van der Waals surface area contributed by atoms with Gasteiger partial charge in [-0.05, 0) is 23.3 Å². The average Bonchev–Trinajstić information content (AvgIpc) is 2.69. The fraction of sp³-hybridized carbons (Fsp3) is 0.333. The minimum Gasteiger partial charge on any atom is -0.366 e. The molecule has 0 spiro atoms. The van der Waals surface area contributed by atoms with Gasteiger partial charge in [-0.1, -0.05) is 42.5 Å². The van der Waals surface area contributed by atoms with E-state index in [2.05, 4.69) is 23.1 Å². The van der Waals surface area contributed by atoms with Gasteiger partial charge in [0.2, 0.25) is 0 Å². The monoisotopic (exact) mass is 349 g/mol. The summed E-state index contributed by atoms with van der Waals surface area (Å²) in [5.74, 6) is -0.00729. The summed E-state index contributed by atoms with van der Waals surface area (Å²) in [5, 5.41) is 8.86. The predicted octanol–water partition coefficient (Wildman–Crippen LogP) is 2.42. The molecule has 1 saturated heterocycles. The van der Waals surface area contributed by atoms with Crippen molar-refractivity contribution < 1.29 is 9.53 Å². The molecule has 0 unspecified atom stereocenters. The Kier molecular flexibility index (Phi) is 6.00. The van der Waals surface area contributed by atoms with Crippen molar-refractivity contribution in [1.29, 1.82) is 5.26 Å². The van der Waals surface area contributed by atoms with Crippen LogP contribution >= 0.6 is 0 Å².